The summed E-state index contributed by atoms with van der Waals surface area (Å²) in [7, 11) is 0. The molecule has 3 atom stereocenters. The number of benzene rings is 1. The Morgan fingerprint density at radius 2 is 1.76 bits per heavy atom. The van der Waals surface area contributed by atoms with Gasteiger partial charge in [0.1, 0.15) is 6.10 Å². The van der Waals surface area contributed by atoms with Gasteiger partial charge in [-0.1, -0.05) is 18.2 Å². The second-order valence-corrected chi connectivity index (χ2v) is 5.00. The smallest absolute Gasteiger partial charge is 0.338 e. The molecule has 1 N–H and O–H groups in total. The maximum atomic E-state index is 11.9. The zero-order chi connectivity index (χ0) is 11.7. The summed E-state index contributed by atoms with van der Waals surface area (Å²) in [5.74, 6) is -0.183. The van der Waals surface area contributed by atoms with Crippen molar-refractivity contribution in [1.82, 2.24) is 5.32 Å². The van der Waals surface area contributed by atoms with Gasteiger partial charge in [0.15, 0.2) is 0 Å². The van der Waals surface area contributed by atoms with Gasteiger partial charge in [-0.25, -0.2) is 4.79 Å². The lowest BCUT2D eigenvalue weighted by Gasteiger charge is -2.28. The van der Waals surface area contributed by atoms with E-state index in [-0.39, 0.29) is 12.1 Å². The molecule has 0 spiro atoms. The molecule has 0 unspecified atom stereocenters. The van der Waals surface area contributed by atoms with E-state index in [1.54, 1.807) is 12.1 Å². The van der Waals surface area contributed by atoms with Crippen LogP contribution in [0.3, 0.4) is 0 Å². The molecule has 0 radical (unpaired) electrons. The van der Waals surface area contributed by atoms with Gasteiger partial charge >= 0.3 is 5.97 Å². The third-order valence-electron chi connectivity index (χ3n) is 3.71. The van der Waals surface area contributed by atoms with Crippen LogP contribution >= 0.6 is 0 Å². The Bertz CT molecular complexity index is 392. The number of esters is 1. The summed E-state index contributed by atoms with van der Waals surface area (Å²) in [4.78, 5) is 11.9. The van der Waals surface area contributed by atoms with Crippen molar-refractivity contribution in [3.8, 4) is 0 Å². The third kappa shape index (κ3) is 2.34. The summed E-state index contributed by atoms with van der Waals surface area (Å²) in [5.41, 5.74) is 0.651. The van der Waals surface area contributed by atoms with Crippen LogP contribution in [0.5, 0.6) is 0 Å². The van der Waals surface area contributed by atoms with Crippen LogP contribution in [0.4, 0.5) is 0 Å². The van der Waals surface area contributed by atoms with Gasteiger partial charge in [-0.3, -0.25) is 0 Å². The molecule has 2 bridgehead atoms. The summed E-state index contributed by atoms with van der Waals surface area (Å²) >= 11 is 0. The molecule has 0 saturated carbocycles. The molecule has 2 aliphatic heterocycles. The molecule has 1 aromatic rings. The lowest BCUT2D eigenvalue weighted by atomic mass is 10.0. The number of fused-ring (bicyclic) bond motifs is 2. The first-order chi connectivity index (χ1) is 8.31. The molecule has 0 aromatic heterocycles. The Labute approximate surface area is 101 Å². The van der Waals surface area contributed by atoms with E-state index in [4.69, 9.17) is 4.74 Å². The van der Waals surface area contributed by atoms with E-state index in [9.17, 15) is 4.79 Å². The van der Waals surface area contributed by atoms with Crippen molar-refractivity contribution in [2.45, 2.75) is 43.9 Å². The average Bonchev–Trinajstić information content (AvgIpc) is 2.70. The first-order valence-corrected chi connectivity index (χ1v) is 6.33. The summed E-state index contributed by atoms with van der Waals surface area (Å²) < 4.78 is 5.58. The van der Waals surface area contributed by atoms with Gasteiger partial charge < -0.3 is 10.1 Å². The zero-order valence-electron chi connectivity index (χ0n) is 9.76. The Kier molecular flexibility index (Phi) is 2.85. The number of hydrogen-bond donors (Lipinski definition) is 1. The average molecular weight is 231 g/mol. The number of carbonyl (C=O) groups is 1. The zero-order valence-corrected chi connectivity index (χ0v) is 9.76. The van der Waals surface area contributed by atoms with E-state index in [1.165, 1.54) is 12.8 Å². The number of carbonyl (C=O) groups excluding carboxylic acids is 1. The molecular weight excluding hydrogens is 214 g/mol. The quantitative estimate of drug-likeness (QED) is 0.792. The van der Waals surface area contributed by atoms with Gasteiger partial charge in [-0.2, -0.15) is 0 Å². The summed E-state index contributed by atoms with van der Waals surface area (Å²) in [5, 5.41) is 3.54. The highest BCUT2D eigenvalue weighted by Crippen LogP contribution is 2.28. The normalized spacial score (nSPS) is 31.2. The van der Waals surface area contributed by atoms with Crippen molar-refractivity contribution < 1.29 is 9.53 Å². The topological polar surface area (TPSA) is 38.3 Å². The van der Waals surface area contributed by atoms with E-state index in [0.29, 0.717) is 17.6 Å². The highest BCUT2D eigenvalue weighted by Gasteiger charge is 2.35. The van der Waals surface area contributed by atoms with Gasteiger partial charge in [0.05, 0.1) is 5.56 Å². The first-order valence-electron chi connectivity index (χ1n) is 6.33. The molecule has 90 valence electrons. The van der Waals surface area contributed by atoms with Crippen LogP contribution in [-0.2, 0) is 4.74 Å². The Hall–Kier alpha value is -1.35. The van der Waals surface area contributed by atoms with Gasteiger partial charge in [-0.15, -0.1) is 0 Å². The largest absolute Gasteiger partial charge is 0.459 e. The van der Waals surface area contributed by atoms with E-state index < -0.39 is 0 Å². The van der Waals surface area contributed by atoms with E-state index in [2.05, 4.69) is 5.32 Å². The minimum atomic E-state index is -0.183. The number of nitrogens with one attached hydrogen (secondary N) is 1. The minimum absolute atomic E-state index is 0.0986. The Morgan fingerprint density at radius 3 is 2.41 bits per heavy atom. The van der Waals surface area contributed by atoms with Crippen LogP contribution in [0.25, 0.3) is 0 Å². The van der Waals surface area contributed by atoms with Crippen molar-refractivity contribution in [3.05, 3.63) is 35.9 Å². The molecular formula is C14H17NO2. The van der Waals surface area contributed by atoms with Crippen LogP contribution < -0.4 is 5.32 Å². The highest BCUT2D eigenvalue weighted by molar-refractivity contribution is 5.89. The predicted octanol–water partition coefficient (Wildman–Crippen LogP) is 2.13. The molecule has 3 nitrogen and oxygen atoms in total. The van der Waals surface area contributed by atoms with Crippen molar-refractivity contribution in [3.63, 3.8) is 0 Å². The van der Waals surface area contributed by atoms with Gasteiger partial charge in [-0.05, 0) is 37.8 Å². The fourth-order valence-electron chi connectivity index (χ4n) is 2.89. The number of hydrogen-bond acceptors (Lipinski definition) is 3. The van der Waals surface area contributed by atoms with E-state index in [1.807, 2.05) is 18.2 Å². The lowest BCUT2D eigenvalue weighted by molar-refractivity contribution is 0.0177. The molecule has 3 rings (SSSR count). The molecule has 2 heterocycles. The van der Waals surface area contributed by atoms with Crippen molar-refractivity contribution in [1.29, 1.82) is 0 Å². The predicted molar refractivity (Wildman–Crippen MR) is 64.8 cm³/mol. The standard InChI is InChI=1S/C14H17NO2/c16-14(10-4-2-1-3-5-10)17-13-8-11-6-7-12(9-13)15-11/h1-5,11-13,15H,6-9H2/t11-,12+,13+. The minimum Gasteiger partial charge on any atom is -0.459 e. The molecule has 3 heteroatoms. The summed E-state index contributed by atoms with van der Waals surface area (Å²) in [6.45, 7) is 0. The molecule has 2 aliphatic rings. The van der Waals surface area contributed by atoms with Crippen LogP contribution in [-0.4, -0.2) is 24.2 Å². The fourth-order valence-corrected chi connectivity index (χ4v) is 2.89. The van der Waals surface area contributed by atoms with E-state index in [0.717, 1.165) is 12.8 Å². The highest BCUT2D eigenvalue weighted by atomic mass is 16.5. The van der Waals surface area contributed by atoms with Crippen molar-refractivity contribution >= 4 is 5.97 Å². The lowest BCUT2D eigenvalue weighted by Crippen LogP contribution is -2.42. The summed E-state index contributed by atoms with van der Waals surface area (Å²) in [6.07, 6.45) is 4.49. The molecule has 0 amide bonds. The van der Waals surface area contributed by atoms with Crippen LogP contribution in [0.2, 0.25) is 0 Å². The third-order valence-corrected chi connectivity index (χ3v) is 3.71. The van der Waals surface area contributed by atoms with E-state index >= 15 is 0 Å². The maximum Gasteiger partial charge on any atom is 0.338 e. The Balaban J connectivity index is 1.62. The molecule has 2 fully saturated rings. The fraction of sp³-hybridized carbons (Fsp3) is 0.500. The number of rotatable bonds is 2. The monoisotopic (exact) mass is 231 g/mol. The van der Waals surface area contributed by atoms with Crippen molar-refractivity contribution in [2.75, 3.05) is 0 Å². The van der Waals surface area contributed by atoms with Gasteiger partial charge in [0.2, 0.25) is 0 Å². The SMILES string of the molecule is O=C(O[C@H]1C[C@H]2CC[C@@H](C1)N2)c1ccccc1. The first kappa shape index (κ1) is 10.8. The molecule has 0 aliphatic carbocycles. The second-order valence-electron chi connectivity index (χ2n) is 5.00. The summed E-state index contributed by atoms with van der Waals surface area (Å²) in [6, 6.07) is 10.4. The maximum absolute atomic E-state index is 11.9. The van der Waals surface area contributed by atoms with Gasteiger partial charge in [0.25, 0.3) is 0 Å². The molecule has 2 saturated heterocycles. The van der Waals surface area contributed by atoms with Crippen LogP contribution in [0.15, 0.2) is 30.3 Å². The second kappa shape index (κ2) is 4.49. The molecule has 1 aromatic carbocycles. The molecule has 17 heavy (non-hydrogen) atoms. The van der Waals surface area contributed by atoms with Crippen molar-refractivity contribution in [2.24, 2.45) is 0 Å². The van der Waals surface area contributed by atoms with Gasteiger partial charge in [0, 0.05) is 12.1 Å². The van der Waals surface area contributed by atoms with Crippen LogP contribution in [0.1, 0.15) is 36.0 Å². The Morgan fingerprint density at radius 1 is 1.12 bits per heavy atom. The number of piperidine rings is 1. The number of ether oxygens (including phenoxy) is 1. The van der Waals surface area contributed by atoms with Crippen LogP contribution in [0, 0.1) is 0 Å².